The van der Waals surface area contributed by atoms with E-state index in [0.29, 0.717) is 29.5 Å². The number of thiazole rings is 1. The zero-order valence-electron chi connectivity index (χ0n) is 12.3. The van der Waals surface area contributed by atoms with Gasteiger partial charge < -0.3 is 5.32 Å². The molecule has 0 bridgehead atoms. The van der Waals surface area contributed by atoms with Crippen molar-refractivity contribution in [2.45, 2.75) is 27.3 Å². The molecule has 0 aliphatic carbocycles. The van der Waals surface area contributed by atoms with E-state index in [1.54, 1.807) is 17.9 Å². The monoisotopic (exact) mass is 307 g/mol. The molecule has 0 radical (unpaired) electrons. The van der Waals surface area contributed by atoms with Crippen molar-refractivity contribution in [3.05, 3.63) is 40.7 Å². The number of nitrogens with one attached hydrogen (secondary N) is 1. The molecule has 1 aromatic carbocycles. The van der Waals surface area contributed by atoms with Crippen molar-refractivity contribution >= 4 is 28.1 Å². The van der Waals surface area contributed by atoms with E-state index in [-0.39, 0.29) is 11.7 Å². The Hall–Kier alpha value is -1.95. The first kappa shape index (κ1) is 15.4. The molecule has 4 nitrogen and oxygen atoms in total. The lowest BCUT2D eigenvalue weighted by Gasteiger charge is -2.14. The van der Waals surface area contributed by atoms with E-state index in [9.17, 15) is 9.18 Å². The Morgan fingerprint density at radius 2 is 2.24 bits per heavy atom. The topological polar surface area (TPSA) is 45.2 Å². The first-order chi connectivity index (χ1) is 10.0. The van der Waals surface area contributed by atoms with Gasteiger partial charge in [-0.3, -0.25) is 9.69 Å². The third-order valence-electron chi connectivity index (χ3n) is 3.11. The first-order valence-corrected chi connectivity index (χ1v) is 7.61. The van der Waals surface area contributed by atoms with Crippen molar-refractivity contribution in [3.8, 4) is 0 Å². The predicted octanol–water partition coefficient (Wildman–Crippen LogP) is 3.58. The van der Waals surface area contributed by atoms with Crippen molar-refractivity contribution in [3.63, 3.8) is 0 Å². The minimum Gasteiger partial charge on any atom is -0.379 e. The molecule has 1 N–H and O–H groups in total. The molecule has 2 aromatic rings. The number of nitrogens with zero attached hydrogens (tertiary/aromatic N) is 2. The summed E-state index contributed by atoms with van der Waals surface area (Å²) in [6.45, 7) is 6.26. The average molecular weight is 307 g/mol. The fraction of sp³-hybridized carbons (Fsp3) is 0.333. The van der Waals surface area contributed by atoms with Gasteiger partial charge in [0.1, 0.15) is 5.82 Å². The molecule has 0 aliphatic rings. The number of hydrogen-bond acceptors (Lipinski definition) is 4. The lowest BCUT2D eigenvalue weighted by molar-refractivity contribution is -0.116. The minimum atomic E-state index is -0.229. The fourth-order valence-corrected chi connectivity index (χ4v) is 2.82. The zero-order chi connectivity index (χ0) is 15.4. The predicted molar refractivity (Wildman–Crippen MR) is 84.3 cm³/mol. The minimum absolute atomic E-state index is 0.0213. The lowest BCUT2D eigenvalue weighted by atomic mass is 10.2. The van der Waals surface area contributed by atoms with Gasteiger partial charge in [-0.25, -0.2) is 9.37 Å². The van der Waals surface area contributed by atoms with Gasteiger partial charge >= 0.3 is 0 Å². The second-order valence-electron chi connectivity index (χ2n) is 4.70. The van der Waals surface area contributed by atoms with Crippen molar-refractivity contribution < 1.29 is 9.18 Å². The van der Waals surface area contributed by atoms with Gasteiger partial charge in [0.25, 0.3) is 0 Å². The SMILES string of the molecule is CCN(C(C)=O)c1nc(CNc2ccc(C)c(F)c2)cs1. The van der Waals surface area contributed by atoms with Gasteiger partial charge in [0.2, 0.25) is 5.91 Å². The molecule has 112 valence electrons. The summed E-state index contributed by atoms with van der Waals surface area (Å²) in [5.41, 5.74) is 2.17. The molecule has 0 saturated heterocycles. The molecule has 1 amide bonds. The second-order valence-corrected chi connectivity index (χ2v) is 5.54. The molecule has 21 heavy (non-hydrogen) atoms. The summed E-state index contributed by atoms with van der Waals surface area (Å²) in [6, 6.07) is 5.04. The lowest BCUT2D eigenvalue weighted by Crippen LogP contribution is -2.27. The Morgan fingerprint density at radius 3 is 2.86 bits per heavy atom. The van der Waals surface area contributed by atoms with E-state index in [4.69, 9.17) is 0 Å². The van der Waals surface area contributed by atoms with Gasteiger partial charge in [0.05, 0.1) is 12.2 Å². The molecular weight excluding hydrogens is 289 g/mol. The van der Waals surface area contributed by atoms with Gasteiger partial charge in [-0.1, -0.05) is 6.07 Å². The van der Waals surface area contributed by atoms with Crippen LogP contribution in [0.3, 0.4) is 0 Å². The average Bonchev–Trinajstić information content (AvgIpc) is 2.89. The fourth-order valence-electron chi connectivity index (χ4n) is 1.89. The molecular formula is C15H18FN3OS. The van der Waals surface area contributed by atoms with Gasteiger partial charge in [0, 0.05) is 24.5 Å². The van der Waals surface area contributed by atoms with E-state index in [0.717, 1.165) is 5.69 Å². The summed E-state index contributed by atoms with van der Waals surface area (Å²) in [7, 11) is 0. The summed E-state index contributed by atoms with van der Waals surface area (Å²) in [4.78, 5) is 17.5. The number of carbonyl (C=O) groups is 1. The highest BCUT2D eigenvalue weighted by Gasteiger charge is 2.13. The summed E-state index contributed by atoms with van der Waals surface area (Å²) in [5.74, 6) is -0.250. The molecule has 1 heterocycles. The highest BCUT2D eigenvalue weighted by Crippen LogP contribution is 2.21. The van der Waals surface area contributed by atoms with Crippen LogP contribution in [0.4, 0.5) is 15.2 Å². The van der Waals surface area contributed by atoms with Crippen LogP contribution in [0.15, 0.2) is 23.6 Å². The van der Waals surface area contributed by atoms with Crippen molar-refractivity contribution in [1.29, 1.82) is 0 Å². The number of benzene rings is 1. The van der Waals surface area contributed by atoms with Crippen LogP contribution in [-0.2, 0) is 11.3 Å². The van der Waals surface area contributed by atoms with E-state index in [1.807, 2.05) is 18.4 Å². The van der Waals surface area contributed by atoms with Gasteiger partial charge in [-0.15, -0.1) is 11.3 Å². The van der Waals surface area contributed by atoms with Crippen LogP contribution in [0.2, 0.25) is 0 Å². The normalized spacial score (nSPS) is 10.5. The van der Waals surface area contributed by atoms with E-state index < -0.39 is 0 Å². The molecule has 0 fully saturated rings. The van der Waals surface area contributed by atoms with Crippen molar-refractivity contribution in [2.75, 3.05) is 16.8 Å². The van der Waals surface area contributed by atoms with Crippen LogP contribution in [0, 0.1) is 12.7 Å². The number of anilines is 2. The maximum Gasteiger partial charge on any atom is 0.225 e. The van der Waals surface area contributed by atoms with Crippen LogP contribution in [0.5, 0.6) is 0 Å². The number of amides is 1. The molecule has 0 spiro atoms. The zero-order valence-corrected chi connectivity index (χ0v) is 13.1. The summed E-state index contributed by atoms with van der Waals surface area (Å²) < 4.78 is 13.5. The molecule has 0 aliphatic heterocycles. The Bertz CT molecular complexity index is 642. The van der Waals surface area contributed by atoms with Gasteiger partial charge in [-0.2, -0.15) is 0 Å². The highest BCUT2D eigenvalue weighted by atomic mass is 32.1. The molecule has 0 unspecified atom stereocenters. The number of carbonyl (C=O) groups excluding carboxylic acids is 1. The molecule has 6 heteroatoms. The van der Waals surface area contributed by atoms with Crippen molar-refractivity contribution in [2.24, 2.45) is 0 Å². The largest absolute Gasteiger partial charge is 0.379 e. The molecule has 0 atom stereocenters. The number of aromatic nitrogens is 1. The van der Waals surface area contributed by atoms with Crippen molar-refractivity contribution in [1.82, 2.24) is 4.98 Å². The Balaban J connectivity index is 2.02. The molecule has 0 saturated carbocycles. The third kappa shape index (κ3) is 3.78. The highest BCUT2D eigenvalue weighted by molar-refractivity contribution is 7.14. The summed E-state index contributed by atoms with van der Waals surface area (Å²) in [5, 5.41) is 5.72. The first-order valence-electron chi connectivity index (χ1n) is 6.73. The molecule has 1 aromatic heterocycles. The van der Waals surface area contributed by atoms with E-state index in [2.05, 4.69) is 10.3 Å². The number of aryl methyl sites for hydroxylation is 1. The van der Waals surface area contributed by atoms with E-state index >= 15 is 0 Å². The Morgan fingerprint density at radius 1 is 1.48 bits per heavy atom. The maximum atomic E-state index is 13.5. The third-order valence-corrected chi connectivity index (χ3v) is 4.02. The van der Waals surface area contributed by atoms with Crippen LogP contribution in [0.1, 0.15) is 25.1 Å². The maximum absolute atomic E-state index is 13.5. The van der Waals surface area contributed by atoms with Crippen LogP contribution >= 0.6 is 11.3 Å². The smallest absolute Gasteiger partial charge is 0.225 e. The molecule has 2 rings (SSSR count). The van der Waals surface area contributed by atoms with E-state index in [1.165, 1.54) is 24.3 Å². The Labute approximate surface area is 127 Å². The number of hydrogen-bond donors (Lipinski definition) is 1. The summed E-state index contributed by atoms with van der Waals surface area (Å²) in [6.07, 6.45) is 0. The van der Waals surface area contributed by atoms with Gasteiger partial charge in [0.15, 0.2) is 5.13 Å². The van der Waals surface area contributed by atoms with Crippen LogP contribution < -0.4 is 10.2 Å². The number of halogens is 1. The van der Waals surface area contributed by atoms with Gasteiger partial charge in [-0.05, 0) is 31.5 Å². The quantitative estimate of drug-likeness (QED) is 0.918. The summed E-state index contributed by atoms with van der Waals surface area (Å²) >= 11 is 1.43. The second kappa shape index (κ2) is 6.67. The standard InChI is InChI=1S/C15H18FN3OS/c1-4-19(11(3)20)15-18-13(9-21-15)8-17-12-6-5-10(2)14(16)7-12/h5-7,9,17H,4,8H2,1-3H3. The van der Waals surface area contributed by atoms with Crippen LogP contribution in [-0.4, -0.2) is 17.4 Å². The van der Waals surface area contributed by atoms with Crippen LogP contribution in [0.25, 0.3) is 0 Å². The Kier molecular flexibility index (Phi) is 4.90. The number of rotatable bonds is 5.